The third-order valence-electron chi connectivity index (χ3n) is 6.90. The van der Waals surface area contributed by atoms with Crippen LogP contribution < -0.4 is 5.32 Å². The van der Waals surface area contributed by atoms with Gasteiger partial charge in [-0.05, 0) is 53.6 Å². The van der Waals surface area contributed by atoms with Gasteiger partial charge in [-0.2, -0.15) is 0 Å². The molecule has 21 heavy (non-hydrogen) atoms. The number of hydrogen-bond acceptors (Lipinski definition) is 1. The first-order valence-corrected chi connectivity index (χ1v) is 8.33. The van der Waals surface area contributed by atoms with Crippen LogP contribution in [0.3, 0.4) is 0 Å². The van der Waals surface area contributed by atoms with Gasteiger partial charge in [0.1, 0.15) is 0 Å². The summed E-state index contributed by atoms with van der Waals surface area (Å²) in [5, 5.41) is 3.66. The molecule has 1 saturated heterocycles. The zero-order valence-electron chi connectivity index (χ0n) is 12.0. The quantitative estimate of drug-likeness (QED) is 0.775. The average Bonchev–Trinajstić information content (AvgIpc) is 2.73. The highest BCUT2D eigenvalue weighted by atomic mass is 14.9. The number of nitrogens with one attached hydrogen (secondary N) is 1. The van der Waals surface area contributed by atoms with Crippen molar-refractivity contribution in [3.8, 4) is 0 Å². The van der Waals surface area contributed by atoms with Crippen molar-refractivity contribution >= 4 is 0 Å². The lowest BCUT2D eigenvalue weighted by Gasteiger charge is -2.59. The molecule has 3 aliphatic carbocycles. The van der Waals surface area contributed by atoms with E-state index in [1.807, 2.05) is 0 Å². The Bertz CT molecular complexity index is 696. The van der Waals surface area contributed by atoms with Crippen LogP contribution >= 0.6 is 0 Å². The summed E-state index contributed by atoms with van der Waals surface area (Å²) in [5.41, 5.74) is 6.98. The minimum Gasteiger partial charge on any atom is -0.316 e. The lowest BCUT2D eigenvalue weighted by atomic mass is 9.43. The van der Waals surface area contributed by atoms with Crippen LogP contribution in [0.15, 0.2) is 48.5 Å². The van der Waals surface area contributed by atoms with E-state index in [-0.39, 0.29) is 0 Å². The van der Waals surface area contributed by atoms with Gasteiger partial charge in [-0.15, -0.1) is 0 Å². The Balaban J connectivity index is 1.66. The summed E-state index contributed by atoms with van der Waals surface area (Å²) in [6.07, 6.45) is 1.36. The molecule has 0 amide bonds. The summed E-state index contributed by atoms with van der Waals surface area (Å²) in [6.45, 7) is 2.43. The molecule has 1 saturated carbocycles. The highest BCUT2D eigenvalue weighted by Gasteiger charge is 2.73. The van der Waals surface area contributed by atoms with Crippen LogP contribution in [-0.4, -0.2) is 13.1 Å². The third kappa shape index (κ3) is 0.971. The lowest BCUT2D eigenvalue weighted by molar-refractivity contribution is 0.263. The Kier molecular flexibility index (Phi) is 1.79. The Morgan fingerprint density at radius 2 is 1.43 bits per heavy atom. The fourth-order valence-electron chi connectivity index (χ4n) is 6.45. The van der Waals surface area contributed by atoms with E-state index in [1.165, 1.54) is 19.5 Å². The predicted molar refractivity (Wildman–Crippen MR) is 83.6 cm³/mol. The predicted octanol–water partition coefficient (Wildman–Crippen LogP) is 3.41. The molecule has 2 fully saturated rings. The molecule has 1 heterocycles. The molecule has 5 unspecified atom stereocenters. The van der Waals surface area contributed by atoms with Crippen LogP contribution in [0, 0.1) is 11.8 Å². The summed E-state index contributed by atoms with van der Waals surface area (Å²) in [6, 6.07) is 18.5. The average molecular weight is 273 g/mol. The fraction of sp³-hybridized carbons (Fsp3) is 0.400. The molecule has 1 nitrogen and oxygen atoms in total. The van der Waals surface area contributed by atoms with E-state index in [0.717, 1.165) is 23.7 Å². The van der Waals surface area contributed by atoms with E-state index >= 15 is 0 Å². The number of piperidine rings is 1. The molecule has 6 rings (SSSR count). The molecule has 2 aromatic carbocycles. The summed E-state index contributed by atoms with van der Waals surface area (Å²) in [7, 11) is 0. The summed E-state index contributed by atoms with van der Waals surface area (Å²) in [5.74, 6) is 3.29. The maximum absolute atomic E-state index is 3.66. The van der Waals surface area contributed by atoms with Crippen molar-refractivity contribution < 1.29 is 0 Å². The van der Waals surface area contributed by atoms with E-state index in [0.29, 0.717) is 5.41 Å². The van der Waals surface area contributed by atoms with Crippen LogP contribution in [0.1, 0.15) is 40.5 Å². The van der Waals surface area contributed by atoms with Crippen molar-refractivity contribution in [2.75, 3.05) is 13.1 Å². The second-order valence-corrected chi connectivity index (χ2v) is 7.32. The molecule has 1 spiro atoms. The molecule has 1 heteroatoms. The second kappa shape index (κ2) is 3.41. The number of fused-ring (bicyclic) bond motifs is 7. The van der Waals surface area contributed by atoms with Crippen molar-refractivity contribution in [1.29, 1.82) is 0 Å². The standard InChI is InChI=1S/C20H19N/c1-3-7-16-13(5-1)18-12-9-10-21-11-15(12)19-14-6-2-4-8-17(14)20(16,18)19/h1-8,12,15,18-19,21H,9-11H2. The van der Waals surface area contributed by atoms with E-state index in [2.05, 4.69) is 53.8 Å². The van der Waals surface area contributed by atoms with Gasteiger partial charge in [-0.3, -0.25) is 0 Å². The minimum atomic E-state index is 0.383. The van der Waals surface area contributed by atoms with Crippen molar-refractivity contribution in [3.63, 3.8) is 0 Å². The van der Waals surface area contributed by atoms with Crippen molar-refractivity contribution in [1.82, 2.24) is 5.32 Å². The molecule has 104 valence electrons. The largest absolute Gasteiger partial charge is 0.316 e. The van der Waals surface area contributed by atoms with Crippen molar-refractivity contribution in [2.45, 2.75) is 23.7 Å². The topological polar surface area (TPSA) is 12.0 Å². The molecule has 2 aromatic rings. The Morgan fingerprint density at radius 1 is 0.810 bits per heavy atom. The summed E-state index contributed by atoms with van der Waals surface area (Å²) >= 11 is 0. The smallest absolute Gasteiger partial charge is 0.0351 e. The summed E-state index contributed by atoms with van der Waals surface area (Å²) in [4.78, 5) is 0. The first kappa shape index (κ1) is 11.0. The SMILES string of the molecule is c1ccc2c(c1)C1C3CCNCC3C3c4ccccc4C213. The number of hydrogen-bond donors (Lipinski definition) is 1. The van der Waals surface area contributed by atoms with Crippen LogP contribution in [0.25, 0.3) is 0 Å². The highest BCUT2D eigenvalue weighted by Crippen LogP contribution is 2.79. The molecule has 1 N–H and O–H groups in total. The molecule has 1 aliphatic heterocycles. The van der Waals surface area contributed by atoms with Gasteiger partial charge in [0.05, 0.1) is 0 Å². The molecule has 0 bridgehead atoms. The second-order valence-electron chi connectivity index (χ2n) is 7.32. The molecule has 0 aromatic heterocycles. The van der Waals surface area contributed by atoms with E-state index < -0.39 is 0 Å². The first-order chi connectivity index (χ1) is 10.4. The molecule has 0 radical (unpaired) electrons. The molecular weight excluding hydrogens is 254 g/mol. The summed E-state index contributed by atoms with van der Waals surface area (Å²) < 4.78 is 0. The van der Waals surface area contributed by atoms with Gasteiger partial charge < -0.3 is 5.32 Å². The van der Waals surface area contributed by atoms with Crippen LogP contribution in [0.5, 0.6) is 0 Å². The maximum Gasteiger partial charge on any atom is 0.0351 e. The fourth-order valence-corrected chi connectivity index (χ4v) is 6.45. The monoisotopic (exact) mass is 273 g/mol. The van der Waals surface area contributed by atoms with Crippen molar-refractivity contribution in [2.24, 2.45) is 11.8 Å². The van der Waals surface area contributed by atoms with Gasteiger partial charge in [0.15, 0.2) is 0 Å². The number of rotatable bonds is 0. The van der Waals surface area contributed by atoms with Crippen molar-refractivity contribution in [3.05, 3.63) is 70.8 Å². The van der Waals surface area contributed by atoms with E-state index in [4.69, 9.17) is 0 Å². The van der Waals surface area contributed by atoms with E-state index in [9.17, 15) is 0 Å². The van der Waals surface area contributed by atoms with Gasteiger partial charge in [0.2, 0.25) is 0 Å². The maximum atomic E-state index is 3.66. The highest BCUT2D eigenvalue weighted by molar-refractivity contribution is 5.71. The van der Waals surface area contributed by atoms with Gasteiger partial charge in [-0.1, -0.05) is 48.5 Å². The van der Waals surface area contributed by atoms with Crippen LogP contribution in [0.2, 0.25) is 0 Å². The molecule has 4 aliphatic rings. The first-order valence-electron chi connectivity index (χ1n) is 8.33. The van der Waals surface area contributed by atoms with E-state index in [1.54, 1.807) is 22.3 Å². The van der Waals surface area contributed by atoms with Crippen LogP contribution in [0.4, 0.5) is 0 Å². The third-order valence-corrected chi connectivity index (χ3v) is 6.90. The van der Waals surface area contributed by atoms with Gasteiger partial charge in [-0.25, -0.2) is 0 Å². The minimum absolute atomic E-state index is 0.383. The van der Waals surface area contributed by atoms with Gasteiger partial charge >= 0.3 is 0 Å². The lowest BCUT2D eigenvalue weighted by Crippen LogP contribution is -2.52. The molecule has 5 atom stereocenters. The molecular formula is C20H19N. The Labute approximate surface area is 125 Å². The Morgan fingerprint density at radius 3 is 2.14 bits per heavy atom. The van der Waals surface area contributed by atoms with Gasteiger partial charge in [0.25, 0.3) is 0 Å². The van der Waals surface area contributed by atoms with Gasteiger partial charge in [0, 0.05) is 17.3 Å². The zero-order valence-corrected chi connectivity index (χ0v) is 12.0. The van der Waals surface area contributed by atoms with Crippen LogP contribution in [-0.2, 0) is 5.41 Å². The normalized spacial score (nSPS) is 40.8. The Hall–Kier alpha value is -1.60. The number of benzene rings is 2. The zero-order chi connectivity index (χ0) is 13.6.